The smallest absolute Gasteiger partial charge is 0.240 e. The zero-order chi connectivity index (χ0) is 20.4. The van der Waals surface area contributed by atoms with E-state index in [0.717, 1.165) is 36.6 Å². The fourth-order valence-corrected chi connectivity index (χ4v) is 4.26. The second kappa shape index (κ2) is 11.3. The minimum absolute atomic E-state index is 0.257. The van der Waals surface area contributed by atoms with Gasteiger partial charge in [0.1, 0.15) is 12.3 Å². The summed E-state index contributed by atoms with van der Waals surface area (Å²) in [5.41, 5.74) is 0.381. The minimum atomic E-state index is -3.62. The van der Waals surface area contributed by atoms with Crippen LogP contribution in [0.15, 0.2) is 24.3 Å². The van der Waals surface area contributed by atoms with Crippen molar-refractivity contribution in [3.8, 4) is 5.75 Å². The Morgan fingerprint density at radius 3 is 2.50 bits per heavy atom. The van der Waals surface area contributed by atoms with E-state index >= 15 is 0 Å². The van der Waals surface area contributed by atoms with Gasteiger partial charge in [0.05, 0.1) is 18.6 Å². The molecule has 0 aliphatic carbocycles. The first-order valence-corrected chi connectivity index (χ1v) is 11.9. The van der Waals surface area contributed by atoms with Crippen LogP contribution in [0.3, 0.4) is 0 Å². The van der Waals surface area contributed by atoms with Gasteiger partial charge in [0.2, 0.25) is 15.9 Å². The van der Waals surface area contributed by atoms with E-state index < -0.39 is 10.0 Å². The molecule has 1 amide bonds. The number of carbonyl (C=O) groups is 1. The van der Waals surface area contributed by atoms with Gasteiger partial charge in [-0.05, 0) is 58.0 Å². The molecule has 0 aromatic heterocycles. The van der Waals surface area contributed by atoms with Crippen LogP contribution in [-0.4, -0.2) is 64.8 Å². The van der Waals surface area contributed by atoms with E-state index in [0.29, 0.717) is 24.6 Å². The number of hydrogen-bond donors (Lipinski definition) is 1. The van der Waals surface area contributed by atoms with Gasteiger partial charge < -0.3 is 15.0 Å². The number of sulfonamides is 1. The molecule has 158 valence electrons. The second-order valence-corrected chi connectivity index (χ2v) is 9.04. The summed E-state index contributed by atoms with van der Waals surface area (Å²) >= 11 is 0. The number of nitrogens with zero attached hydrogens (tertiary/aromatic N) is 2. The molecule has 1 heterocycles. The minimum Gasteiger partial charge on any atom is -0.492 e. The molecule has 8 heteroatoms. The maximum Gasteiger partial charge on any atom is 0.240 e. The van der Waals surface area contributed by atoms with Gasteiger partial charge in [-0.15, -0.1) is 0 Å². The van der Waals surface area contributed by atoms with Crippen molar-refractivity contribution in [3.05, 3.63) is 24.3 Å². The van der Waals surface area contributed by atoms with Gasteiger partial charge in [-0.3, -0.25) is 9.10 Å². The number of hydrogen-bond acceptors (Lipinski definition) is 5. The molecular formula is C20H33N3O4S. The summed E-state index contributed by atoms with van der Waals surface area (Å²) < 4.78 is 31.2. The number of para-hydroxylation sites is 2. The van der Waals surface area contributed by atoms with Crippen molar-refractivity contribution < 1.29 is 17.9 Å². The van der Waals surface area contributed by atoms with E-state index in [1.807, 2.05) is 6.92 Å². The lowest BCUT2D eigenvalue weighted by Gasteiger charge is -2.24. The van der Waals surface area contributed by atoms with Gasteiger partial charge in [-0.1, -0.05) is 25.0 Å². The van der Waals surface area contributed by atoms with Crippen molar-refractivity contribution in [1.29, 1.82) is 0 Å². The van der Waals surface area contributed by atoms with Crippen molar-refractivity contribution >= 4 is 21.6 Å². The van der Waals surface area contributed by atoms with Crippen molar-refractivity contribution in [2.24, 2.45) is 0 Å². The monoisotopic (exact) mass is 411 g/mol. The van der Waals surface area contributed by atoms with E-state index in [4.69, 9.17) is 4.74 Å². The molecule has 7 nitrogen and oxygen atoms in total. The zero-order valence-electron chi connectivity index (χ0n) is 17.0. The maximum atomic E-state index is 12.4. The van der Waals surface area contributed by atoms with Crippen molar-refractivity contribution in [3.63, 3.8) is 0 Å². The highest BCUT2D eigenvalue weighted by molar-refractivity contribution is 7.92. The highest BCUT2D eigenvalue weighted by Crippen LogP contribution is 2.29. The molecule has 1 fully saturated rings. The lowest BCUT2D eigenvalue weighted by Crippen LogP contribution is -2.41. The first-order chi connectivity index (χ1) is 13.4. The number of amides is 1. The van der Waals surface area contributed by atoms with Crippen LogP contribution in [0.25, 0.3) is 0 Å². The Bertz CT molecular complexity index is 716. The molecule has 1 N–H and O–H groups in total. The van der Waals surface area contributed by atoms with Crippen LogP contribution in [0.1, 0.15) is 39.0 Å². The van der Waals surface area contributed by atoms with E-state index in [2.05, 4.69) is 10.2 Å². The molecule has 1 aliphatic heterocycles. The third-order valence-electron chi connectivity index (χ3n) is 4.79. The number of rotatable bonds is 10. The number of nitrogens with one attached hydrogen (secondary N) is 1. The molecule has 0 atom stereocenters. The standard InChI is InChI=1S/C20H33N3O4S/c1-3-27-19-12-7-6-11-18(19)23(28(2,25)26)17-20(24)21-13-10-16-22-14-8-4-5-9-15-22/h6-7,11-12H,3-5,8-10,13-17H2,1-2H3,(H,21,24). The fraction of sp³-hybridized carbons (Fsp3) is 0.650. The normalized spacial score (nSPS) is 15.6. The lowest BCUT2D eigenvalue weighted by molar-refractivity contribution is -0.119. The summed E-state index contributed by atoms with van der Waals surface area (Å²) in [6, 6.07) is 6.86. The highest BCUT2D eigenvalue weighted by Gasteiger charge is 2.23. The van der Waals surface area contributed by atoms with Crippen LogP contribution in [-0.2, 0) is 14.8 Å². The second-order valence-electron chi connectivity index (χ2n) is 7.13. The summed E-state index contributed by atoms with van der Waals surface area (Å²) in [4.78, 5) is 14.8. The predicted octanol–water partition coefficient (Wildman–Crippen LogP) is 2.23. The Balaban J connectivity index is 1.89. The third kappa shape index (κ3) is 7.31. The number of anilines is 1. The molecule has 0 radical (unpaired) electrons. The van der Waals surface area contributed by atoms with Crippen LogP contribution < -0.4 is 14.4 Å². The Kier molecular flexibility index (Phi) is 9.05. The van der Waals surface area contributed by atoms with Crippen molar-refractivity contribution in [2.45, 2.75) is 39.0 Å². The van der Waals surface area contributed by atoms with E-state index in [1.165, 1.54) is 25.7 Å². The predicted molar refractivity (Wildman–Crippen MR) is 112 cm³/mol. The fourth-order valence-electron chi connectivity index (χ4n) is 3.40. The molecular weight excluding hydrogens is 378 g/mol. The molecule has 1 aromatic rings. The average Bonchev–Trinajstić information content (AvgIpc) is 2.92. The van der Waals surface area contributed by atoms with Gasteiger partial charge in [-0.2, -0.15) is 0 Å². The summed E-state index contributed by atoms with van der Waals surface area (Å²) in [5, 5.41) is 2.85. The van der Waals surface area contributed by atoms with Gasteiger partial charge in [0, 0.05) is 6.54 Å². The first-order valence-electron chi connectivity index (χ1n) is 10.1. The van der Waals surface area contributed by atoms with Crippen LogP contribution >= 0.6 is 0 Å². The van der Waals surface area contributed by atoms with Crippen molar-refractivity contribution in [2.75, 3.05) is 49.9 Å². The molecule has 0 saturated carbocycles. The Labute approximate surface area is 169 Å². The lowest BCUT2D eigenvalue weighted by atomic mass is 10.2. The summed E-state index contributed by atoms with van der Waals surface area (Å²) in [6.07, 6.45) is 7.06. The Morgan fingerprint density at radius 2 is 1.86 bits per heavy atom. The van der Waals surface area contributed by atoms with Gasteiger partial charge in [-0.25, -0.2) is 8.42 Å². The number of ether oxygens (including phenoxy) is 1. The molecule has 1 saturated heterocycles. The van der Waals surface area contributed by atoms with E-state index in [-0.39, 0.29) is 12.5 Å². The first kappa shape index (κ1) is 22.5. The quantitative estimate of drug-likeness (QED) is 0.598. The van der Waals surface area contributed by atoms with Crippen LogP contribution in [0.5, 0.6) is 5.75 Å². The highest BCUT2D eigenvalue weighted by atomic mass is 32.2. The molecule has 2 rings (SSSR count). The molecule has 0 spiro atoms. The average molecular weight is 412 g/mol. The molecule has 0 unspecified atom stereocenters. The topological polar surface area (TPSA) is 79.0 Å². The van der Waals surface area contributed by atoms with Crippen molar-refractivity contribution in [1.82, 2.24) is 10.2 Å². The Hall–Kier alpha value is -1.80. The van der Waals surface area contributed by atoms with Gasteiger partial charge >= 0.3 is 0 Å². The maximum absolute atomic E-state index is 12.4. The van der Waals surface area contributed by atoms with Gasteiger partial charge in [0.25, 0.3) is 0 Å². The third-order valence-corrected chi connectivity index (χ3v) is 5.92. The molecule has 0 bridgehead atoms. The Morgan fingerprint density at radius 1 is 1.18 bits per heavy atom. The van der Waals surface area contributed by atoms with Crippen LogP contribution in [0.2, 0.25) is 0 Å². The summed E-state index contributed by atoms with van der Waals surface area (Å²) in [5.74, 6) is 0.136. The zero-order valence-corrected chi connectivity index (χ0v) is 17.8. The van der Waals surface area contributed by atoms with Crippen LogP contribution in [0, 0.1) is 0 Å². The van der Waals surface area contributed by atoms with E-state index in [9.17, 15) is 13.2 Å². The number of benzene rings is 1. The molecule has 28 heavy (non-hydrogen) atoms. The molecule has 1 aliphatic rings. The summed E-state index contributed by atoms with van der Waals surface area (Å²) in [6.45, 7) is 5.75. The number of likely N-dealkylation sites (tertiary alicyclic amines) is 1. The molecule has 1 aromatic carbocycles. The van der Waals surface area contributed by atoms with Gasteiger partial charge in [0.15, 0.2) is 0 Å². The SMILES string of the molecule is CCOc1ccccc1N(CC(=O)NCCCN1CCCCCC1)S(C)(=O)=O. The van der Waals surface area contributed by atoms with E-state index in [1.54, 1.807) is 24.3 Å². The summed E-state index contributed by atoms with van der Waals surface area (Å²) in [7, 11) is -3.62. The largest absolute Gasteiger partial charge is 0.492 e. The number of carbonyl (C=O) groups excluding carboxylic acids is 1. The van der Waals surface area contributed by atoms with Crippen LogP contribution in [0.4, 0.5) is 5.69 Å².